The molecule has 8 nitrogen and oxygen atoms in total. The number of halogens is 3. The van der Waals surface area contributed by atoms with Crippen molar-refractivity contribution in [1.82, 2.24) is 14.5 Å². The Hall–Kier alpha value is -2.40. The van der Waals surface area contributed by atoms with Gasteiger partial charge in [0.15, 0.2) is 0 Å². The van der Waals surface area contributed by atoms with E-state index >= 15 is 0 Å². The van der Waals surface area contributed by atoms with Crippen molar-refractivity contribution < 1.29 is 22.4 Å². The molecule has 204 valence electrons. The van der Waals surface area contributed by atoms with E-state index in [-0.39, 0.29) is 18.7 Å². The number of nitrogens with one attached hydrogen (secondary N) is 1. The zero-order chi connectivity index (χ0) is 28.1. The monoisotopic (exact) mass is 574 g/mol. The quantitative estimate of drug-likeness (QED) is 0.453. The first kappa shape index (κ1) is 30.8. The molecule has 0 bridgehead atoms. The summed E-state index contributed by atoms with van der Waals surface area (Å²) in [6, 6.07) is 8.62. The van der Waals surface area contributed by atoms with Gasteiger partial charge in [0.25, 0.3) is 0 Å². The van der Waals surface area contributed by atoms with Crippen LogP contribution in [-0.2, 0) is 26.3 Å². The number of hydrogen-bond donors (Lipinski definition) is 1. The average Bonchev–Trinajstić information content (AvgIpc) is 2.78. The predicted octanol–water partition coefficient (Wildman–Crippen LogP) is 4.47. The lowest BCUT2D eigenvalue weighted by atomic mass is 10.1. The summed E-state index contributed by atoms with van der Waals surface area (Å²) in [6.07, 6.45) is 0.260. The number of carbonyl (C=O) groups excluding carboxylic acids is 2. The molecule has 1 atom stereocenters. The van der Waals surface area contributed by atoms with Gasteiger partial charge in [-0.15, -0.1) is 0 Å². The van der Waals surface area contributed by atoms with E-state index in [0.717, 1.165) is 20.7 Å². The Morgan fingerprint density at radius 2 is 1.65 bits per heavy atom. The van der Waals surface area contributed by atoms with Crippen LogP contribution in [0.3, 0.4) is 0 Å². The molecule has 1 N–H and O–H groups in total. The smallest absolute Gasteiger partial charge is 0.304 e. The Morgan fingerprint density at radius 3 is 2.14 bits per heavy atom. The number of amides is 2. The van der Waals surface area contributed by atoms with Crippen LogP contribution in [-0.4, -0.2) is 61.7 Å². The second kappa shape index (κ2) is 12.4. The van der Waals surface area contributed by atoms with Crippen molar-refractivity contribution in [3.05, 3.63) is 63.9 Å². The third-order valence-electron chi connectivity index (χ3n) is 5.37. The van der Waals surface area contributed by atoms with Gasteiger partial charge in [0.05, 0.1) is 5.69 Å². The second-order valence-electron chi connectivity index (χ2n) is 9.69. The minimum Gasteiger partial charge on any atom is -0.350 e. The third-order valence-corrected chi connectivity index (χ3v) is 7.78. The van der Waals surface area contributed by atoms with E-state index in [0.29, 0.717) is 15.6 Å². The molecule has 0 saturated carbocycles. The molecule has 2 aromatic rings. The Balaban J connectivity index is 2.55. The number of carbonyl (C=O) groups is 2. The molecule has 0 aliphatic carbocycles. The van der Waals surface area contributed by atoms with Gasteiger partial charge in [-0.05, 0) is 69.2 Å². The predicted molar refractivity (Wildman–Crippen MR) is 145 cm³/mol. The zero-order valence-electron chi connectivity index (χ0n) is 21.8. The van der Waals surface area contributed by atoms with Crippen LogP contribution in [0.4, 0.5) is 10.1 Å². The van der Waals surface area contributed by atoms with Crippen LogP contribution in [0.2, 0.25) is 10.0 Å². The van der Waals surface area contributed by atoms with Crippen LogP contribution in [0, 0.1) is 5.82 Å². The van der Waals surface area contributed by atoms with Gasteiger partial charge >= 0.3 is 10.2 Å². The van der Waals surface area contributed by atoms with Gasteiger partial charge in [-0.1, -0.05) is 36.2 Å². The molecule has 2 amide bonds. The highest BCUT2D eigenvalue weighted by Gasteiger charge is 2.35. The Bertz CT molecular complexity index is 1220. The molecule has 0 heterocycles. The highest BCUT2D eigenvalue weighted by Crippen LogP contribution is 2.25. The van der Waals surface area contributed by atoms with Crippen molar-refractivity contribution in [1.29, 1.82) is 0 Å². The van der Waals surface area contributed by atoms with Crippen LogP contribution in [0.1, 0.15) is 39.7 Å². The van der Waals surface area contributed by atoms with Gasteiger partial charge in [0, 0.05) is 36.2 Å². The van der Waals surface area contributed by atoms with Crippen LogP contribution < -0.4 is 9.62 Å². The summed E-state index contributed by atoms with van der Waals surface area (Å²) in [5.41, 5.74) is 0.0660. The summed E-state index contributed by atoms with van der Waals surface area (Å²) in [6.45, 7) is 6.52. The minimum absolute atomic E-state index is 0.0653. The topological polar surface area (TPSA) is 90.0 Å². The molecule has 0 radical (unpaired) electrons. The van der Waals surface area contributed by atoms with E-state index < -0.39 is 46.0 Å². The van der Waals surface area contributed by atoms with Gasteiger partial charge in [0.1, 0.15) is 18.4 Å². The maximum atomic E-state index is 13.8. The van der Waals surface area contributed by atoms with Gasteiger partial charge in [-0.25, -0.2) is 8.70 Å². The lowest BCUT2D eigenvalue weighted by Gasteiger charge is -2.35. The summed E-state index contributed by atoms with van der Waals surface area (Å²) >= 11 is 12.4. The molecular weight excluding hydrogens is 542 g/mol. The fourth-order valence-corrected chi connectivity index (χ4v) is 5.05. The largest absolute Gasteiger partial charge is 0.350 e. The van der Waals surface area contributed by atoms with Gasteiger partial charge < -0.3 is 10.2 Å². The molecule has 12 heteroatoms. The molecule has 0 spiro atoms. The van der Waals surface area contributed by atoms with Crippen molar-refractivity contribution in [2.45, 2.75) is 52.2 Å². The van der Waals surface area contributed by atoms with E-state index in [1.807, 2.05) is 20.8 Å². The van der Waals surface area contributed by atoms with Gasteiger partial charge in [-0.2, -0.15) is 12.7 Å². The first-order chi connectivity index (χ1) is 17.1. The highest BCUT2D eigenvalue weighted by molar-refractivity contribution is 7.90. The van der Waals surface area contributed by atoms with Crippen molar-refractivity contribution in [3.63, 3.8) is 0 Å². The summed E-state index contributed by atoms with van der Waals surface area (Å²) in [5, 5.41) is 3.59. The fourth-order valence-electron chi connectivity index (χ4n) is 3.53. The molecule has 0 saturated heterocycles. The number of hydrogen-bond acceptors (Lipinski definition) is 4. The van der Waals surface area contributed by atoms with Gasteiger partial charge in [-0.3, -0.25) is 9.59 Å². The van der Waals surface area contributed by atoms with E-state index in [1.54, 1.807) is 19.1 Å². The minimum atomic E-state index is -4.15. The molecule has 0 aromatic heterocycles. The van der Waals surface area contributed by atoms with E-state index in [1.165, 1.54) is 37.2 Å². The van der Waals surface area contributed by atoms with E-state index in [2.05, 4.69) is 5.32 Å². The van der Waals surface area contributed by atoms with Crippen molar-refractivity contribution in [2.75, 3.05) is 24.9 Å². The van der Waals surface area contributed by atoms with Crippen molar-refractivity contribution >= 4 is 50.9 Å². The number of rotatable bonds is 10. The first-order valence-electron chi connectivity index (χ1n) is 11.6. The fraction of sp³-hybridized carbons (Fsp3) is 0.440. The van der Waals surface area contributed by atoms with Crippen LogP contribution in [0.5, 0.6) is 0 Å². The number of nitrogens with zero attached hydrogens (tertiary/aromatic N) is 3. The van der Waals surface area contributed by atoms with Crippen LogP contribution in [0.25, 0.3) is 0 Å². The molecule has 2 aromatic carbocycles. The molecule has 37 heavy (non-hydrogen) atoms. The van der Waals surface area contributed by atoms with Gasteiger partial charge in [0.2, 0.25) is 11.8 Å². The third kappa shape index (κ3) is 8.29. The maximum absolute atomic E-state index is 13.8. The SMILES string of the molecule is CC[C@@H](C(=O)NC(C)(C)C)N(Cc1ccc(Cl)cc1Cl)C(=O)CN(c1ccc(F)cc1)S(=O)(=O)N(C)C. The van der Waals surface area contributed by atoms with Crippen LogP contribution >= 0.6 is 23.2 Å². The molecule has 0 aliphatic heterocycles. The standard InChI is InChI=1S/C25H33Cl2FN4O4S/c1-7-22(24(34)29-25(2,3)4)31(15-17-8-9-18(26)14-21(17)27)23(33)16-32(37(35,36)30(5)6)20-12-10-19(28)11-13-20/h8-14,22H,7,15-16H2,1-6H3,(H,29,34)/t22-/m0/s1. The number of benzene rings is 2. The first-order valence-corrected chi connectivity index (χ1v) is 13.7. The normalized spacial score (nSPS) is 12.8. The van der Waals surface area contributed by atoms with E-state index in [9.17, 15) is 22.4 Å². The summed E-state index contributed by atoms with van der Waals surface area (Å²) < 4.78 is 41.7. The average molecular weight is 576 g/mol. The Morgan fingerprint density at radius 1 is 1.05 bits per heavy atom. The van der Waals surface area contributed by atoms with Crippen molar-refractivity contribution in [2.24, 2.45) is 0 Å². The molecule has 0 fully saturated rings. The summed E-state index contributed by atoms with van der Waals surface area (Å²) in [5.74, 6) is -1.59. The molecular formula is C25H33Cl2FN4O4S. The second-order valence-corrected chi connectivity index (χ2v) is 12.6. The summed E-state index contributed by atoms with van der Waals surface area (Å²) in [7, 11) is -1.50. The lowest BCUT2D eigenvalue weighted by Crippen LogP contribution is -2.55. The molecule has 0 aliphatic rings. The number of anilines is 1. The molecule has 2 rings (SSSR count). The highest BCUT2D eigenvalue weighted by atomic mass is 35.5. The summed E-state index contributed by atoms with van der Waals surface area (Å²) in [4.78, 5) is 28.3. The molecule has 0 unspecified atom stereocenters. The lowest BCUT2D eigenvalue weighted by molar-refractivity contribution is -0.141. The van der Waals surface area contributed by atoms with Crippen LogP contribution in [0.15, 0.2) is 42.5 Å². The van der Waals surface area contributed by atoms with E-state index in [4.69, 9.17) is 23.2 Å². The maximum Gasteiger partial charge on any atom is 0.304 e. The Labute approximate surface area is 228 Å². The Kier molecular flexibility index (Phi) is 10.4. The van der Waals surface area contributed by atoms with Crippen molar-refractivity contribution in [3.8, 4) is 0 Å². The zero-order valence-corrected chi connectivity index (χ0v) is 24.1.